The highest BCUT2D eigenvalue weighted by molar-refractivity contribution is 5.17. The van der Waals surface area contributed by atoms with Gasteiger partial charge in [0.1, 0.15) is 0 Å². The van der Waals surface area contributed by atoms with Gasteiger partial charge < -0.3 is 15.8 Å². The van der Waals surface area contributed by atoms with Crippen molar-refractivity contribution in [2.45, 2.75) is 12.6 Å². The average Bonchev–Trinajstić information content (AvgIpc) is 2.99. The van der Waals surface area contributed by atoms with Crippen molar-refractivity contribution in [3.8, 4) is 0 Å². The summed E-state index contributed by atoms with van der Waals surface area (Å²) in [6.45, 7) is 2.29. The van der Waals surface area contributed by atoms with Gasteiger partial charge in [-0.05, 0) is 5.56 Å². The Morgan fingerprint density at radius 2 is 2.06 bits per heavy atom. The Balaban J connectivity index is 1.65. The van der Waals surface area contributed by atoms with Gasteiger partial charge in [-0.15, -0.1) is 5.53 Å². The van der Waals surface area contributed by atoms with Crippen LogP contribution in [0.15, 0.2) is 42.2 Å². The van der Waals surface area contributed by atoms with Gasteiger partial charge in [-0.1, -0.05) is 30.3 Å². The largest absolute Gasteiger partial charge is 0.391 e. The highest BCUT2D eigenvalue weighted by atomic mass is 16.3. The number of β-amino-alcohol motifs (C(OH)–C–C–N with tert-alkyl or cyclic N) is 1. The molecule has 1 saturated heterocycles. The molecule has 4 N–H and O–H groups in total. The lowest BCUT2D eigenvalue weighted by molar-refractivity contribution is 0.159. The van der Waals surface area contributed by atoms with E-state index in [1.54, 1.807) is 0 Å². The minimum absolute atomic E-state index is 0.151. The van der Waals surface area contributed by atoms with E-state index in [4.69, 9.17) is 0 Å². The zero-order valence-corrected chi connectivity index (χ0v) is 10.1. The molecule has 2 heterocycles. The number of rotatable bonds is 3. The Bertz CT molecular complexity index is 434. The van der Waals surface area contributed by atoms with E-state index in [1.807, 2.05) is 29.4 Å². The highest BCUT2D eigenvalue weighted by Gasteiger charge is 2.30. The molecular formula is C13H18N4O. The van der Waals surface area contributed by atoms with Crippen molar-refractivity contribution in [3.63, 3.8) is 0 Å². The molecule has 0 radical (unpaired) electrons. The predicted molar refractivity (Wildman–Crippen MR) is 68.7 cm³/mol. The van der Waals surface area contributed by atoms with Crippen LogP contribution in [0.5, 0.6) is 0 Å². The molecule has 3 rings (SSSR count). The van der Waals surface area contributed by atoms with Crippen molar-refractivity contribution in [3.05, 3.63) is 47.8 Å². The Morgan fingerprint density at radius 3 is 2.78 bits per heavy atom. The van der Waals surface area contributed by atoms with Crippen LogP contribution < -0.4 is 16.3 Å². The third-order valence-corrected chi connectivity index (χ3v) is 3.42. The first-order valence-corrected chi connectivity index (χ1v) is 6.25. The molecule has 1 aromatic carbocycles. The maximum atomic E-state index is 9.84. The first-order chi connectivity index (χ1) is 8.83. The number of aliphatic hydroxyl groups excluding tert-OH is 1. The van der Waals surface area contributed by atoms with Crippen molar-refractivity contribution in [2.24, 2.45) is 5.92 Å². The summed E-state index contributed by atoms with van der Waals surface area (Å²) in [5.74, 6) is 0.151. The van der Waals surface area contributed by atoms with Crippen LogP contribution in [0.25, 0.3) is 0 Å². The molecule has 2 aliphatic heterocycles. The molecule has 0 unspecified atom stereocenters. The number of hydrogen-bond donors (Lipinski definition) is 4. The molecule has 2 aliphatic rings. The molecule has 18 heavy (non-hydrogen) atoms. The molecule has 1 aromatic rings. The number of nitrogens with zero attached hydrogens (tertiary/aromatic N) is 1. The summed E-state index contributed by atoms with van der Waals surface area (Å²) in [5.41, 5.74) is 8.53. The van der Waals surface area contributed by atoms with Crippen LogP contribution in [-0.4, -0.2) is 29.3 Å². The lowest BCUT2D eigenvalue weighted by atomic mass is 10.0. The van der Waals surface area contributed by atoms with Gasteiger partial charge in [0.15, 0.2) is 0 Å². The maximum absolute atomic E-state index is 9.84. The van der Waals surface area contributed by atoms with Crippen molar-refractivity contribution in [2.75, 3.05) is 13.1 Å². The predicted octanol–water partition coefficient (Wildman–Crippen LogP) is -0.0669. The van der Waals surface area contributed by atoms with Crippen LogP contribution in [0, 0.1) is 5.92 Å². The maximum Gasteiger partial charge on any atom is 0.0760 e. The van der Waals surface area contributed by atoms with Gasteiger partial charge in [-0.25, -0.2) is 0 Å². The van der Waals surface area contributed by atoms with Crippen molar-refractivity contribution in [1.29, 1.82) is 0 Å². The summed E-state index contributed by atoms with van der Waals surface area (Å²) in [4.78, 5) is 0. The zero-order valence-electron chi connectivity index (χ0n) is 10.1. The number of benzene rings is 1. The summed E-state index contributed by atoms with van der Waals surface area (Å²) in [5, 5.41) is 15.0. The number of hydrogen-bond acceptors (Lipinski definition) is 5. The molecule has 1 fully saturated rings. The normalized spacial score (nSPS) is 27.2. The second-order valence-corrected chi connectivity index (χ2v) is 4.77. The van der Waals surface area contributed by atoms with Crippen molar-refractivity contribution >= 4 is 0 Å². The average molecular weight is 246 g/mol. The lowest BCUT2D eigenvalue weighted by Gasteiger charge is -2.15. The van der Waals surface area contributed by atoms with E-state index in [1.165, 1.54) is 5.56 Å². The molecule has 0 bridgehead atoms. The van der Waals surface area contributed by atoms with Crippen LogP contribution >= 0.6 is 0 Å². The van der Waals surface area contributed by atoms with Crippen LogP contribution in [0.4, 0.5) is 0 Å². The molecular weight excluding hydrogens is 228 g/mol. The zero-order chi connectivity index (χ0) is 12.4. The van der Waals surface area contributed by atoms with Crippen molar-refractivity contribution < 1.29 is 5.11 Å². The fraction of sp³-hybridized carbons (Fsp3) is 0.385. The van der Waals surface area contributed by atoms with Gasteiger partial charge in [-0.2, -0.15) is 0 Å². The summed E-state index contributed by atoms with van der Waals surface area (Å²) < 4.78 is 0. The van der Waals surface area contributed by atoms with Crippen molar-refractivity contribution in [1.82, 2.24) is 21.3 Å². The van der Waals surface area contributed by atoms with Gasteiger partial charge in [0, 0.05) is 25.2 Å². The first kappa shape index (κ1) is 11.5. The summed E-state index contributed by atoms with van der Waals surface area (Å²) in [6.07, 6.45) is 1.73. The molecule has 0 aromatic heterocycles. The standard InChI is InChI=1S/C13H18N4O/c18-13-7-14-6-11(13)12-9-17(16-15-12)8-10-4-2-1-3-5-10/h1-5,9,11,13-16,18H,6-8H2/t11-,13+/m1/s1. The third-order valence-electron chi connectivity index (χ3n) is 3.42. The summed E-state index contributed by atoms with van der Waals surface area (Å²) >= 11 is 0. The number of aliphatic hydroxyl groups is 1. The molecule has 0 saturated carbocycles. The fourth-order valence-electron chi connectivity index (χ4n) is 2.40. The van der Waals surface area contributed by atoms with E-state index in [0.717, 1.165) is 18.8 Å². The topological polar surface area (TPSA) is 59.6 Å². The SMILES string of the molecule is O[C@H]1CNC[C@@H]1C1=CN(Cc2ccccc2)NN1. The minimum Gasteiger partial charge on any atom is -0.391 e. The van der Waals surface area contributed by atoms with E-state index >= 15 is 0 Å². The summed E-state index contributed by atoms with van der Waals surface area (Å²) in [6, 6.07) is 10.3. The van der Waals surface area contributed by atoms with Gasteiger partial charge in [-0.3, -0.25) is 5.01 Å². The number of nitrogens with one attached hydrogen (secondary N) is 3. The van der Waals surface area contributed by atoms with Gasteiger partial charge in [0.25, 0.3) is 0 Å². The quantitative estimate of drug-likeness (QED) is 0.602. The lowest BCUT2D eigenvalue weighted by Crippen LogP contribution is -2.37. The van der Waals surface area contributed by atoms with Gasteiger partial charge >= 0.3 is 0 Å². The van der Waals surface area contributed by atoms with Crippen LogP contribution in [0.1, 0.15) is 5.56 Å². The van der Waals surface area contributed by atoms with Crippen LogP contribution in [0.2, 0.25) is 0 Å². The molecule has 96 valence electrons. The molecule has 2 atom stereocenters. The minimum atomic E-state index is -0.303. The third kappa shape index (κ3) is 2.33. The molecule has 5 heteroatoms. The Morgan fingerprint density at radius 1 is 1.22 bits per heavy atom. The highest BCUT2D eigenvalue weighted by Crippen LogP contribution is 2.19. The number of hydrazine groups is 2. The molecule has 0 amide bonds. The second kappa shape index (κ2) is 4.97. The van der Waals surface area contributed by atoms with E-state index in [2.05, 4.69) is 28.4 Å². The molecule has 0 spiro atoms. The Hall–Kier alpha value is -1.56. The smallest absolute Gasteiger partial charge is 0.0760 e. The summed E-state index contributed by atoms with van der Waals surface area (Å²) in [7, 11) is 0. The molecule has 5 nitrogen and oxygen atoms in total. The Kier molecular flexibility index (Phi) is 3.19. The van der Waals surface area contributed by atoms with Crippen LogP contribution in [-0.2, 0) is 6.54 Å². The van der Waals surface area contributed by atoms with E-state index in [-0.39, 0.29) is 12.0 Å². The Labute approximate surface area is 106 Å². The monoisotopic (exact) mass is 246 g/mol. The van der Waals surface area contributed by atoms with Crippen LogP contribution in [0.3, 0.4) is 0 Å². The van der Waals surface area contributed by atoms with E-state index in [0.29, 0.717) is 6.54 Å². The van der Waals surface area contributed by atoms with E-state index in [9.17, 15) is 5.11 Å². The fourth-order valence-corrected chi connectivity index (χ4v) is 2.40. The van der Waals surface area contributed by atoms with E-state index < -0.39 is 0 Å². The first-order valence-electron chi connectivity index (χ1n) is 6.25. The second-order valence-electron chi connectivity index (χ2n) is 4.77. The van der Waals surface area contributed by atoms with Gasteiger partial charge in [0.2, 0.25) is 0 Å². The molecule has 0 aliphatic carbocycles. The van der Waals surface area contributed by atoms with Gasteiger partial charge in [0.05, 0.1) is 18.3 Å².